The first kappa shape index (κ1) is 18.0. The molecule has 1 aliphatic rings. The number of rotatable bonds is 4. The van der Waals surface area contributed by atoms with Crippen molar-refractivity contribution in [1.29, 1.82) is 0 Å². The minimum absolute atomic E-state index is 0.171. The Morgan fingerprint density at radius 1 is 0.885 bits per heavy atom. The van der Waals surface area contributed by atoms with E-state index in [1.165, 1.54) is 6.07 Å². The SMILES string of the molecule is Cc1cc(C)c(NC(=O)C2CC2C(=O)Nc2ccc(F)c(F)c2)c(C)c1. The van der Waals surface area contributed by atoms with Gasteiger partial charge in [-0.15, -0.1) is 0 Å². The molecule has 26 heavy (non-hydrogen) atoms. The molecule has 136 valence electrons. The van der Waals surface area contributed by atoms with Crippen LogP contribution in [0.3, 0.4) is 0 Å². The summed E-state index contributed by atoms with van der Waals surface area (Å²) in [5, 5.41) is 5.43. The van der Waals surface area contributed by atoms with E-state index < -0.39 is 23.5 Å². The van der Waals surface area contributed by atoms with Gasteiger partial charge in [-0.3, -0.25) is 9.59 Å². The molecule has 0 saturated heterocycles. The number of anilines is 2. The van der Waals surface area contributed by atoms with Gasteiger partial charge < -0.3 is 10.6 Å². The Bertz CT molecular complexity index is 872. The molecule has 0 radical (unpaired) electrons. The normalized spacial score (nSPS) is 18.3. The van der Waals surface area contributed by atoms with E-state index in [0.717, 1.165) is 34.5 Å². The lowest BCUT2D eigenvalue weighted by molar-refractivity contribution is -0.122. The third kappa shape index (κ3) is 3.74. The first-order valence-electron chi connectivity index (χ1n) is 8.41. The zero-order valence-electron chi connectivity index (χ0n) is 14.8. The fourth-order valence-corrected chi connectivity index (χ4v) is 3.18. The molecule has 2 aromatic rings. The summed E-state index contributed by atoms with van der Waals surface area (Å²) in [5.74, 6) is -3.46. The first-order valence-corrected chi connectivity index (χ1v) is 8.41. The Balaban J connectivity index is 1.62. The van der Waals surface area contributed by atoms with E-state index in [-0.39, 0.29) is 17.5 Å². The fraction of sp³-hybridized carbons (Fsp3) is 0.300. The number of aryl methyl sites for hydroxylation is 3. The highest BCUT2D eigenvalue weighted by Crippen LogP contribution is 2.40. The Kier molecular flexibility index (Phi) is 4.76. The maximum absolute atomic E-state index is 13.2. The highest BCUT2D eigenvalue weighted by Gasteiger charge is 2.48. The average Bonchev–Trinajstić information content (AvgIpc) is 3.35. The average molecular weight is 358 g/mol. The zero-order chi connectivity index (χ0) is 19.0. The standard InChI is InChI=1S/C20H20F2N2O2/c1-10-6-11(2)18(12(3)7-10)24-20(26)15-9-14(15)19(25)23-13-4-5-16(21)17(22)8-13/h4-8,14-15H,9H2,1-3H3,(H,23,25)(H,24,26). The van der Waals surface area contributed by atoms with E-state index in [4.69, 9.17) is 0 Å². The molecule has 1 aliphatic carbocycles. The lowest BCUT2D eigenvalue weighted by atomic mass is 10.0. The van der Waals surface area contributed by atoms with Gasteiger partial charge in [-0.05, 0) is 50.5 Å². The number of benzene rings is 2. The van der Waals surface area contributed by atoms with Crippen LogP contribution >= 0.6 is 0 Å². The molecule has 1 saturated carbocycles. The second-order valence-electron chi connectivity index (χ2n) is 6.83. The second-order valence-corrected chi connectivity index (χ2v) is 6.83. The summed E-state index contributed by atoms with van der Waals surface area (Å²) >= 11 is 0. The fourth-order valence-electron chi connectivity index (χ4n) is 3.18. The molecule has 6 heteroatoms. The molecule has 2 aromatic carbocycles. The van der Waals surface area contributed by atoms with Crippen molar-refractivity contribution in [3.63, 3.8) is 0 Å². The van der Waals surface area contributed by atoms with Crippen molar-refractivity contribution < 1.29 is 18.4 Å². The Morgan fingerprint density at radius 3 is 2.04 bits per heavy atom. The van der Waals surface area contributed by atoms with Crippen LogP contribution in [-0.4, -0.2) is 11.8 Å². The summed E-state index contributed by atoms with van der Waals surface area (Å²) in [5.41, 5.74) is 4.00. The van der Waals surface area contributed by atoms with Crippen LogP contribution in [0, 0.1) is 44.2 Å². The molecule has 3 rings (SSSR count). The van der Waals surface area contributed by atoms with Crippen molar-refractivity contribution in [3.05, 3.63) is 58.7 Å². The third-order valence-electron chi connectivity index (χ3n) is 4.58. The van der Waals surface area contributed by atoms with E-state index in [1.54, 1.807) is 0 Å². The number of carbonyl (C=O) groups is 2. The van der Waals surface area contributed by atoms with Crippen molar-refractivity contribution in [2.75, 3.05) is 10.6 Å². The molecule has 4 nitrogen and oxygen atoms in total. The molecule has 0 spiro atoms. The predicted octanol–water partition coefficient (Wildman–Crippen LogP) is 4.10. The quantitative estimate of drug-likeness (QED) is 0.864. The summed E-state index contributed by atoms with van der Waals surface area (Å²) in [7, 11) is 0. The smallest absolute Gasteiger partial charge is 0.228 e. The number of halogens is 2. The second kappa shape index (κ2) is 6.86. The van der Waals surface area contributed by atoms with Gasteiger partial charge >= 0.3 is 0 Å². The van der Waals surface area contributed by atoms with Crippen LogP contribution in [0.2, 0.25) is 0 Å². The minimum Gasteiger partial charge on any atom is -0.326 e. The van der Waals surface area contributed by atoms with Gasteiger partial charge in [0.2, 0.25) is 11.8 Å². The van der Waals surface area contributed by atoms with Gasteiger partial charge in [0.25, 0.3) is 0 Å². The molecule has 0 aliphatic heterocycles. The molecular formula is C20H20F2N2O2. The Labute approximate surface area is 150 Å². The molecule has 1 fully saturated rings. The van der Waals surface area contributed by atoms with Gasteiger partial charge in [-0.25, -0.2) is 8.78 Å². The number of hydrogen-bond acceptors (Lipinski definition) is 2. The summed E-state index contributed by atoms with van der Waals surface area (Å²) < 4.78 is 26.1. The lowest BCUT2D eigenvalue weighted by Crippen LogP contribution is -2.21. The van der Waals surface area contributed by atoms with E-state index in [1.807, 2.05) is 32.9 Å². The highest BCUT2D eigenvalue weighted by atomic mass is 19.2. The maximum Gasteiger partial charge on any atom is 0.228 e. The number of hydrogen-bond donors (Lipinski definition) is 2. The predicted molar refractivity (Wildman–Crippen MR) is 95.9 cm³/mol. The third-order valence-corrected chi connectivity index (χ3v) is 4.58. The van der Waals surface area contributed by atoms with Crippen LogP contribution in [0.5, 0.6) is 0 Å². The highest BCUT2D eigenvalue weighted by molar-refractivity contribution is 6.03. The van der Waals surface area contributed by atoms with Crippen molar-refractivity contribution >= 4 is 23.2 Å². The van der Waals surface area contributed by atoms with Gasteiger partial charge in [-0.1, -0.05) is 17.7 Å². The number of nitrogens with one attached hydrogen (secondary N) is 2. The van der Waals surface area contributed by atoms with Crippen molar-refractivity contribution in [3.8, 4) is 0 Å². The molecule has 2 unspecified atom stereocenters. The zero-order valence-corrected chi connectivity index (χ0v) is 14.8. The van der Waals surface area contributed by atoms with Crippen molar-refractivity contribution in [2.45, 2.75) is 27.2 Å². The number of carbonyl (C=O) groups excluding carboxylic acids is 2. The summed E-state index contributed by atoms with van der Waals surface area (Å²) in [6.45, 7) is 5.84. The van der Waals surface area contributed by atoms with Crippen LogP contribution < -0.4 is 10.6 Å². The van der Waals surface area contributed by atoms with Crippen molar-refractivity contribution in [1.82, 2.24) is 0 Å². The monoisotopic (exact) mass is 358 g/mol. The molecular weight excluding hydrogens is 338 g/mol. The van der Waals surface area contributed by atoms with Crippen LogP contribution in [0.25, 0.3) is 0 Å². The summed E-state index contributed by atoms with van der Waals surface area (Å²) in [4.78, 5) is 24.6. The van der Waals surface area contributed by atoms with Crippen molar-refractivity contribution in [2.24, 2.45) is 11.8 Å². The van der Waals surface area contributed by atoms with Crippen LogP contribution in [0.1, 0.15) is 23.1 Å². The molecule has 0 bridgehead atoms. The molecule has 2 atom stereocenters. The Morgan fingerprint density at radius 2 is 1.46 bits per heavy atom. The summed E-state index contributed by atoms with van der Waals surface area (Å²) in [6, 6.07) is 7.13. The van der Waals surface area contributed by atoms with E-state index in [0.29, 0.717) is 6.42 Å². The largest absolute Gasteiger partial charge is 0.326 e. The van der Waals surface area contributed by atoms with E-state index in [2.05, 4.69) is 10.6 Å². The van der Waals surface area contributed by atoms with Crippen LogP contribution in [0.15, 0.2) is 30.3 Å². The topological polar surface area (TPSA) is 58.2 Å². The molecule has 0 aromatic heterocycles. The first-order chi connectivity index (χ1) is 12.3. The lowest BCUT2D eigenvalue weighted by Gasteiger charge is -2.13. The van der Waals surface area contributed by atoms with Crippen LogP contribution in [-0.2, 0) is 9.59 Å². The van der Waals surface area contributed by atoms with Crippen LogP contribution in [0.4, 0.5) is 20.2 Å². The molecule has 0 heterocycles. The Hall–Kier alpha value is -2.76. The van der Waals surface area contributed by atoms with Gasteiger partial charge in [0.15, 0.2) is 11.6 Å². The molecule has 2 amide bonds. The van der Waals surface area contributed by atoms with Gasteiger partial charge in [0.05, 0.1) is 11.8 Å². The minimum atomic E-state index is -1.03. The maximum atomic E-state index is 13.2. The summed E-state index contributed by atoms with van der Waals surface area (Å²) in [6.07, 6.45) is 0.436. The number of amides is 2. The van der Waals surface area contributed by atoms with Gasteiger partial charge in [0.1, 0.15) is 0 Å². The van der Waals surface area contributed by atoms with E-state index >= 15 is 0 Å². The van der Waals surface area contributed by atoms with Gasteiger partial charge in [-0.2, -0.15) is 0 Å². The van der Waals surface area contributed by atoms with Gasteiger partial charge in [0, 0.05) is 17.4 Å². The molecule has 2 N–H and O–H groups in total. The van der Waals surface area contributed by atoms with E-state index in [9.17, 15) is 18.4 Å².